The third-order valence-corrected chi connectivity index (χ3v) is 4.69. The van der Waals surface area contributed by atoms with Gasteiger partial charge in [-0.15, -0.1) is 0 Å². The first-order chi connectivity index (χ1) is 10.5. The molecule has 1 aliphatic heterocycles. The number of rotatable bonds is 3. The molecule has 3 heteroatoms. The van der Waals surface area contributed by atoms with Gasteiger partial charge in [0.1, 0.15) is 6.17 Å². The number of benzene rings is 1. The van der Waals surface area contributed by atoms with E-state index >= 15 is 0 Å². The molecule has 2 N–H and O–H groups in total. The fourth-order valence-electron chi connectivity index (χ4n) is 3.49. The van der Waals surface area contributed by atoms with E-state index in [1.807, 2.05) is 6.07 Å². The summed E-state index contributed by atoms with van der Waals surface area (Å²) in [6, 6.07) is 10.4. The van der Waals surface area contributed by atoms with Crippen LogP contribution in [0.3, 0.4) is 0 Å². The van der Waals surface area contributed by atoms with Gasteiger partial charge in [0.15, 0.2) is 0 Å². The summed E-state index contributed by atoms with van der Waals surface area (Å²) in [5.41, 5.74) is 12.4. The molecule has 2 aliphatic rings. The molecule has 1 aromatic rings. The normalized spacial score (nSPS) is 23.2. The largest absolute Gasteiger partial charge is 0.374 e. The van der Waals surface area contributed by atoms with Crippen molar-refractivity contribution in [3.63, 3.8) is 0 Å². The van der Waals surface area contributed by atoms with Crippen LogP contribution in [0.5, 0.6) is 0 Å². The molecule has 3 rings (SSSR count). The van der Waals surface area contributed by atoms with Gasteiger partial charge in [-0.25, -0.2) is 0 Å². The number of likely N-dealkylation sites (N-methyl/N-ethyl adjacent to an activating group) is 1. The van der Waals surface area contributed by atoms with E-state index in [1.54, 1.807) is 0 Å². The quantitative estimate of drug-likeness (QED) is 0.869. The maximum absolute atomic E-state index is 6.21. The van der Waals surface area contributed by atoms with Crippen molar-refractivity contribution in [2.45, 2.75) is 32.4 Å². The van der Waals surface area contributed by atoms with E-state index in [4.69, 9.17) is 10.7 Å². The van der Waals surface area contributed by atoms with E-state index in [1.165, 1.54) is 16.8 Å². The van der Waals surface area contributed by atoms with Crippen molar-refractivity contribution < 1.29 is 0 Å². The lowest BCUT2D eigenvalue weighted by Crippen LogP contribution is -2.33. The van der Waals surface area contributed by atoms with Gasteiger partial charge in [0.2, 0.25) is 0 Å². The highest BCUT2D eigenvalue weighted by Gasteiger charge is 2.27. The van der Waals surface area contributed by atoms with Crippen LogP contribution in [0, 0.1) is 5.92 Å². The second-order valence-corrected chi connectivity index (χ2v) is 6.59. The van der Waals surface area contributed by atoms with E-state index in [0.29, 0.717) is 0 Å². The van der Waals surface area contributed by atoms with Crippen molar-refractivity contribution in [2.75, 3.05) is 13.6 Å². The lowest BCUT2D eigenvalue weighted by molar-refractivity contribution is 0.325. The predicted octanol–water partition coefficient (Wildman–Crippen LogP) is 3.34. The molecular weight excluding hydrogens is 270 g/mol. The van der Waals surface area contributed by atoms with Crippen molar-refractivity contribution in [2.24, 2.45) is 16.6 Å². The third kappa shape index (κ3) is 3.00. The Bertz CT molecular complexity index is 619. The minimum absolute atomic E-state index is 0.177. The van der Waals surface area contributed by atoms with Crippen molar-refractivity contribution in [3.05, 3.63) is 59.3 Å². The van der Waals surface area contributed by atoms with Crippen LogP contribution in [0.25, 0.3) is 0 Å². The molecule has 0 bridgehead atoms. The Hall–Kier alpha value is -1.87. The summed E-state index contributed by atoms with van der Waals surface area (Å²) >= 11 is 0. The van der Waals surface area contributed by atoms with Crippen LogP contribution in [-0.4, -0.2) is 30.4 Å². The summed E-state index contributed by atoms with van der Waals surface area (Å²) < 4.78 is 0. The van der Waals surface area contributed by atoms with Crippen LogP contribution in [0.2, 0.25) is 0 Å². The van der Waals surface area contributed by atoms with E-state index in [2.05, 4.69) is 49.7 Å². The van der Waals surface area contributed by atoms with E-state index in [9.17, 15) is 0 Å². The SMILES string of the molecule is C=C1CC(CC2=C(C)C(c3ccccc3)=NC(N)CN2C)C1. The van der Waals surface area contributed by atoms with Crippen LogP contribution in [-0.2, 0) is 0 Å². The molecular formula is C19H25N3. The third-order valence-electron chi connectivity index (χ3n) is 4.69. The summed E-state index contributed by atoms with van der Waals surface area (Å²) in [6.45, 7) is 7.02. The number of nitrogens with zero attached hydrogens (tertiary/aromatic N) is 2. The zero-order chi connectivity index (χ0) is 15.7. The highest BCUT2D eigenvalue weighted by Crippen LogP contribution is 2.38. The van der Waals surface area contributed by atoms with Gasteiger partial charge in [-0.2, -0.15) is 0 Å². The number of aliphatic imine (C=N–C) groups is 1. The average molecular weight is 295 g/mol. The van der Waals surface area contributed by atoms with Gasteiger partial charge in [0.05, 0.1) is 12.3 Å². The van der Waals surface area contributed by atoms with Gasteiger partial charge in [0.25, 0.3) is 0 Å². The van der Waals surface area contributed by atoms with Gasteiger partial charge in [-0.3, -0.25) is 4.99 Å². The molecule has 0 amide bonds. The molecule has 1 unspecified atom stereocenters. The van der Waals surface area contributed by atoms with Crippen LogP contribution in [0.1, 0.15) is 31.7 Å². The Morgan fingerprint density at radius 2 is 1.95 bits per heavy atom. The first-order valence-electron chi connectivity index (χ1n) is 8.01. The zero-order valence-electron chi connectivity index (χ0n) is 13.5. The minimum Gasteiger partial charge on any atom is -0.374 e. The molecule has 22 heavy (non-hydrogen) atoms. The molecule has 1 fully saturated rings. The minimum atomic E-state index is -0.177. The molecule has 0 spiro atoms. The molecule has 116 valence electrons. The van der Waals surface area contributed by atoms with Gasteiger partial charge in [-0.1, -0.05) is 42.5 Å². The lowest BCUT2D eigenvalue weighted by atomic mass is 9.77. The van der Waals surface area contributed by atoms with Gasteiger partial charge < -0.3 is 10.6 Å². The van der Waals surface area contributed by atoms with Crippen molar-refractivity contribution in [1.82, 2.24) is 4.90 Å². The predicted molar refractivity (Wildman–Crippen MR) is 92.8 cm³/mol. The van der Waals surface area contributed by atoms with E-state index < -0.39 is 0 Å². The van der Waals surface area contributed by atoms with Gasteiger partial charge in [0, 0.05) is 18.3 Å². The summed E-state index contributed by atoms with van der Waals surface area (Å²) in [4.78, 5) is 7.06. The van der Waals surface area contributed by atoms with Gasteiger partial charge in [-0.05, 0) is 37.7 Å². The van der Waals surface area contributed by atoms with Crippen molar-refractivity contribution in [3.8, 4) is 0 Å². The highest BCUT2D eigenvalue weighted by molar-refractivity contribution is 6.12. The Balaban J connectivity index is 1.94. The average Bonchev–Trinajstić information content (AvgIpc) is 2.57. The topological polar surface area (TPSA) is 41.6 Å². The lowest BCUT2D eigenvalue weighted by Gasteiger charge is -2.33. The fraction of sp³-hybridized carbons (Fsp3) is 0.421. The first kappa shape index (κ1) is 15.0. The van der Waals surface area contributed by atoms with Gasteiger partial charge >= 0.3 is 0 Å². The molecule has 0 aromatic heterocycles. The maximum atomic E-state index is 6.21. The van der Waals surface area contributed by atoms with E-state index in [0.717, 1.165) is 43.0 Å². The number of allylic oxidation sites excluding steroid dienone is 3. The smallest absolute Gasteiger partial charge is 0.115 e. The molecule has 1 aromatic carbocycles. The number of hydrogen-bond acceptors (Lipinski definition) is 3. The molecule has 1 aliphatic carbocycles. The molecule has 1 atom stereocenters. The summed E-state index contributed by atoms with van der Waals surface area (Å²) in [6.07, 6.45) is 3.24. The van der Waals surface area contributed by atoms with Crippen molar-refractivity contribution >= 4 is 5.71 Å². The maximum Gasteiger partial charge on any atom is 0.115 e. The van der Waals surface area contributed by atoms with Crippen LogP contribution in [0.15, 0.2) is 58.7 Å². The Morgan fingerprint density at radius 3 is 2.59 bits per heavy atom. The molecule has 1 saturated carbocycles. The van der Waals surface area contributed by atoms with Crippen LogP contribution >= 0.6 is 0 Å². The fourth-order valence-corrected chi connectivity index (χ4v) is 3.49. The van der Waals surface area contributed by atoms with Crippen molar-refractivity contribution in [1.29, 1.82) is 0 Å². The number of nitrogens with two attached hydrogens (primary N) is 1. The van der Waals surface area contributed by atoms with Crippen LogP contribution < -0.4 is 5.73 Å². The Kier molecular flexibility index (Phi) is 4.16. The summed E-state index contributed by atoms with van der Waals surface area (Å²) in [5, 5.41) is 0. The summed E-state index contributed by atoms with van der Waals surface area (Å²) in [7, 11) is 2.13. The van der Waals surface area contributed by atoms with Crippen LogP contribution in [0.4, 0.5) is 0 Å². The molecule has 1 heterocycles. The molecule has 0 radical (unpaired) electrons. The molecule has 0 saturated heterocycles. The monoisotopic (exact) mass is 295 g/mol. The standard InChI is InChI=1S/C19H25N3/c1-13-9-15(10-13)11-17-14(2)19(16-7-5-4-6-8-16)21-18(20)12-22(17)3/h4-8,15,18H,1,9-12,20H2,2-3H3. The molecule has 3 nitrogen and oxygen atoms in total. The zero-order valence-corrected chi connectivity index (χ0v) is 13.5. The Labute approximate surface area is 133 Å². The second-order valence-electron chi connectivity index (χ2n) is 6.59. The first-order valence-corrected chi connectivity index (χ1v) is 8.01. The number of hydrogen-bond donors (Lipinski definition) is 1. The second kappa shape index (κ2) is 6.09. The van der Waals surface area contributed by atoms with E-state index in [-0.39, 0.29) is 6.17 Å². The summed E-state index contributed by atoms with van der Waals surface area (Å²) in [5.74, 6) is 0.728. The highest BCUT2D eigenvalue weighted by atomic mass is 15.2. The Morgan fingerprint density at radius 1 is 1.27 bits per heavy atom.